The molecule has 0 spiro atoms. The Bertz CT molecular complexity index is 137. The minimum absolute atomic E-state index is 0.354. The second-order valence-corrected chi connectivity index (χ2v) is 6.15. The summed E-state index contributed by atoms with van der Waals surface area (Å²) < 4.78 is 0.354. The van der Waals surface area contributed by atoms with Crippen LogP contribution in [0.3, 0.4) is 0 Å². The molecule has 1 heterocycles. The van der Waals surface area contributed by atoms with E-state index in [1.54, 1.807) is 0 Å². The second kappa shape index (κ2) is 3.18. The van der Waals surface area contributed by atoms with Crippen LogP contribution in [0.2, 0.25) is 0 Å². The zero-order valence-corrected chi connectivity index (χ0v) is 8.26. The van der Waals surface area contributed by atoms with Crippen molar-refractivity contribution in [1.29, 1.82) is 0 Å². The highest BCUT2D eigenvalue weighted by Gasteiger charge is 2.19. The smallest absolute Gasteiger partial charge is 0.106 e. The molecule has 0 aromatic rings. The molecule has 0 N–H and O–H groups in total. The van der Waals surface area contributed by atoms with Crippen molar-refractivity contribution >= 4 is 29.1 Å². The van der Waals surface area contributed by atoms with Crippen LogP contribution in [0.4, 0.5) is 0 Å². The summed E-state index contributed by atoms with van der Waals surface area (Å²) in [6.07, 6.45) is 0. The van der Waals surface area contributed by atoms with Crippen molar-refractivity contribution in [2.45, 2.75) is 30.9 Å². The van der Waals surface area contributed by atoms with Gasteiger partial charge in [-0.15, -0.1) is 23.5 Å². The molecule has 10 heavy (non-hydrogen) atoms. The third-order valence-corrected chi connectivity index (χ3v) is 3.29. The minimum atomic E-state index is 0.354. The van der Waals surface area contributed by atoms with E-state index in [2.05, 4.69) is 25.8 Å². The third-order valence-electron chi connectivity index (χ3n) is 1.03. The van der Waals surface area contributed by atoms with Gasteiger partial charge in [0, 0.05) is 10.5 Å². The first-order valence-electron chi connectivity index (χ1n) is 3.39. The number of thioether (sulfide) groups is 2. The average Bonchev–Trinajstić information content (AvgIpc) is 2.12. The standard InChI is InChI=1S/C7H13NS2/c1-7(2,3)10-6-4-9-5-8-6/h5-6H,4H2,1-3H3. The molecule has 0 amide bonds. The number of aliphatic imine (C=N–C) groups is 1. The monoisotopic (exact) mass is 175 g/mol. The summed E-state index contributed by atoms with van der Waals surface area (Å²) in [5, 5.41) is 0.505. The molecule has 1 atom stereocenters. The van der Waals surface area contributed by atoms with E-state index >= 15 is 0 Å². The van der Waals surface area contributed by atoms with Crippen LogP contribution in [0.5, 0.6) is 0 Å². The van der Waals surface area contributed by atoms with Gasteiger partial charge < -0.3 is 0 Å². The first-order chi connectivity index (χ1) is 4.58. The lowest BCUT2D eigenvalue weighted by molar-refractivity contribution is 0.794. The molecule has 0 aromatic heterocycles. The molecule has 0 bridgehead atoms. The molecule has 1 aliphatic rings. The Hall–Kier alpha value is 0.370. The van der Waals surface area contributed by atoms with Gasteiger partial charge >= 0.3 is 0 Å². The summed E-state index contributed by atoms with van der Waals surface area (Å²) in [6, 6.07) is 0. The van der Waals surface area contributed by atoms with E-state index in [0.29, 0.717) is 10.1 Å². The lowest BCUT2D eigenvalue weighted by Gasteiger charge is -2.19. The van der Waals surface area contributed by atoms with E-state index in [1.807, 2.05) is 29.1 Å². The Labute approximate surface area is 71.1 Å². The summed E-state index contributed by atoms with van der Waals surface area (Å²) in [5.41, 5.74) is 1.96. The molecule has 1 unspecified atom stereocenters. The Morgan fingerprint density at radius 2 is 2.30 bits per heavy atom. The summed E-state index contributed by atoms with van der Waals surface area (Å²) in [4.78, 5) is 4.32. The molecule has 1 aliphatic heterocycles. The topological polar surface area (TPSA) is 12.4 Å². The van der Waals surface area contributed by atoms with Crippen molar-refractivity contribution in [3.63, 3.8) is 0 Å². The Morgan fingerprint density at radius 3 is 2.70 bits per heavy atom. The Balaban J connectivity index is 2.31. The van der Waals surface area contributed by atoms with Crippen LogP contribution in [0.25, 0.3) is 0 Å². The molecular weight excluding hydrogens is 162 g/mol. The summed E-state index contributed by atoms with van der Waals surface area (Å²) in [5.74, 6) is 1.15. The lowest BCUT2D eigenvalue weighted by Crippen LogP contribution is -2.14. The maximum Gasteiger partial charge on any atom is 0.106 e. The van der Waals surface area contributed by atoms with E-state index in [-0.39, 0.29) is 0 Å². The maximum atomic E-state index is 4.32. The van der Waals surface area contributed by atoms with Gasteiger partial charge in [0.2, 0.25) is 0 Å². The summed E-state index contributed by atoms with van der Waals surface area (Å²) in [7, 11) is 0. The van der Waals surface area contributed by atoms with Gasteiger partial charge in [0.05, 0.1) is 5.55 Å². The lowest BCUT2D eigenvalue weighted by atomic mass is 10.3. The fraction of sp³-hybridized carbons (Fsp3) is 0.857. The highest BCUT2D eigenvalue weighted by molar-refractivity contribution is 8.13. The quantitative estimate of drug-likeness (QED) is 0.607. The van der Waals surface area contributed by atoms with E-state index < -0.39 is 0 Å². The molecular formula is C7H13NS2. The highest BCUT2D eigenvalue weighted by Crippen LogP contribution is 2.32. The molecule has 3 heteroatoms. The summed E-state index contributed by atoms with van der Waals surface area (Å²) >= 11 is 3.76. The van der Waals surface area contributed by atoms with Gasteiger partial charge in [-0.1, -0.05) is 20.8 Å². The van der Waals surface area contributed by atoms with Crippen LogP contribution in [0.15, 0.2) is 4.99 Å². The first kappa shape index (κ1) is 8.47. The first-order valence-corrected chi connectivity index (χ1v) is 5.32. The summed E-state index contributed by atoms with van der Waals surface area (Å²) in [6.45, 7) is 6.70. The fourth-order valence-corrected chi connectivity index (χ4v) is 2.84. The van der Waals surface area contributed by atoms with E-state index in [4.69, 9.17) is 0 Å². The normalized spacial score (nSPS) is 25.7. The van der Waals surface area contributed by atoms with Crippen LogP contribution in [0.1, 0.15) is 20.8 Å². The average molecular weight is 175 g/mol. The Kier molecular flexibility index (Phi) is 2.69. The molecule has 0 aliphatic carbocycles. The van der Waals surface area contributed by atoms with Gasteiger partial charge in [-0.05, 0) is 0 Å². The Morgan fingerprint density at radius 1 is 1.60 bits per heavy atom. The molecule has 0 aromatic carbocycles. The van der Waals surface area contributed by atoms with Gasteiger partial charge in [0.1, 0.15) is 5.37 Å². The van der Waals surface area contributed by atoms with Crippen LogP contribution in [0, 0.1) is 0 Å². The van der Waals surface area contributed by atoms with Crippen LogP contribution < -0.4 is 0 Å². The molecule has 0 fully saturated rings. The van der Waals surface area contributed by atoms with Crippen LogP contribution in [-0.4, -0.2) is 21.4 Å². The van der Waals surface area contributed by atoms with Crippen molar-refractivity contribution in [3.8, 4) is 0 Å². The SMILES string of the molecule is CC(C)(C)SC1CSC=N1. The van der Waals surface area contributed by atoms with Gasteiger partial charge in [0.15, 0.2) is 0 Å². The van der Waals surface area contributed by atoms with Crippen molar-refractivity contribution in [2.24, 2.45) is 4.99 Å². The molecule has 0 saturated carbocycles. The molecule has 58 valence electrons. The highest BCUT2D eigenvalue weighted by atomic mass is 32.2. The van der Waals surface area contributed by atoms with Crippen molar-refractivity contribution in [2.75, 3.05) is 5.75 Å². The zero-order chi connectivity index (χ0) is 7.61. The van der Waals surface area contributed by atoms with Crippen molar-refractivity contribution in [3.05, 3.63) is 0 Å². The number of hydrogen-bond donors (Lipinski definition) is 0. The van der Waals surface area contributed by atoms with Gasteiger partial charge in [0.25, 0.3) is 0 Å². The molecule has 0 radical (unpaired) electrons. The second-order valence-electron chi connectivity index (χ2n) is 3.27. The minimum Gasteiger partial charge on any atom is -0.271 e. The van der Waals surface area contributed by atoms with E-state index in [1.165, 1.54) is 0 Å². The van der Waals surface area contributed by atoms with E-state index in [9.17, 15) is 0 Å². The maximum absolute atomic E-state index is 4.32. The number of nitrogens with zero attached hydrogens (tertiary/aromatic N) is 1. The fourth-order valence-electron chi connectivity index (χ4n) is 0.752. The third kappa shape index (κ3) is 2.97. The number of rotatable bonds is 1. The van der Waals surface area contributed by atoms with Crippen molar-refractivity contribution in [1.82, 2.24) is 0 Å². The predicted molar refractivity (Wildman–Crippen MR) is 52.1 cm³/mol. The van der Waals surface area contributed by atoms with Gasteiger partial charge in [-0.2, -0.15) is 0 Å². The molecule has 1 rings (SSSR count). The van der Waals surface area contributed by atoms with Crippen LogP contribution >= 0.6 is 23.5 Å². The zero-order valence-electron chi connectivity index (χ0n) is 6.63. The predicted octanol–water partition coefficient (Wildman–Crippen LogP) is 2.62. The van der Waals surface area contributed by atoms with Crippen LogP contribution in [-0.2, 0) is 0 Å². The van der Waals surface area contributed by atoms with E-state index in [0.717, 1.165) is 5.75 Å². The van der Waals surface area contributed by atoms with Gasteiger partial charge in [-0.25, -0.2) is 0 Å². The molecule has 0 saturated heterocycles. The molecule has 1 nitrogen and oxygen atoms in total. The van der Waals surface area contributed by atoms with Crippen molar-refractivity contribution < 1.29 is 0 Å². The number of hydrogen-bond acceptors (Lipinski definition) is 3. The van der Waals surface area contributed by atoms with Gasteiger partial charge in [-0.3, -0.25) is 4.99 Å². The largest absolute Gasteiger partial charge is 0.271 e.